The third kappa shape index (κ3) is 3.05. The van der Waals surface area contributed by atoms with Gasteiger partial charge in [-0.2, -0.15) is 0 Å². The van der Waals surface area contributed by atoms with Gasteiger partial charge in [0.05, 0.1) is 17.9 Å². The van der Waals surface area contributed by atoms with Crippen LogP contribution in [0.1, 0.15) is 30.0 Å². The molecule has 4 nitrogen and oxygen atoms in total. The molecule has 0 bridgehead atoms. The van der Waals surface area contributed by atoms with Crippen LogP contribution in [0.5, 0.6) is 0 Å². The van der Waals surface area contributed by atoms with Crippen molar-refractivity contribution in [1.29, 1.82) is 0 Å². The molecule has 4 heteroatoms. The first kappa shape index (κ1) is 13.6. The molecule has 1 aliphatic heterocycles. The molecule has 1 saturated heterocycles. The minimum atomic E-state index is -0.0499. The van der Waals surface area contributed by atoms with Crippen molar-refractivity contribution in [3.63, 3.8) is 0 Å². The molecule has 1 aromatic heterocycles. The van der Waals surface area contributed by atoms with Crippen molar-refractivity contribution in [2.75, 3.05) is 11.9 Å². The molecule has 0 saturated carbocycles. The number of carbonyl (C=O) groups is 1. The lowest BCUT2D eigenvalue weighted by Crippen LogP contribution is -2.34. The Labute approximate surface area is 124 Å². The highest BCUT2D eigenvalue weighted by Crippen LogP contribution is 2.32. The minimum Gasteiger partial charge on any atom is -0.317 e. The third-order valence-corrected chi connectivity index (χ3v) is 3.89. The summed E-state index contributed by atoms with van der Waals surface area (Å²) in [6.07, 6.45) is 5.41. The summed E-state index contributed by atoms with van der Waals surface area (Å²) >= 11 is 0. The Kier molecular flexibility index (Phi) is 3.86. The molecule has 2 heterocycles. The van der Waals surface area contributed by atoms with Crippen LogP contribution in [0.2, 0.25) is 0 Å². The van der Waals surface area contributed by atoms with Crippen LogP contribution in [0.3, 0.4) is 0 Å². The molecule has 1 atom stereocenters. The predicted molar refractivity (Wildman–Crippen MR) is 83.1 cm³/mol. The van der Waals surface area contributed by atoms with Gasteiger partial charge in [0.2, 0.25) is 0 Å². The number of hydrogen-bond donors (Lipinski definition) is 1. The highest BCUT2D eigenvalue weighted by Gasteiger charge is 2.29. The Morgan fingerprint density at radius 3 is 2.81 bits per heavy atom. The molecule has 108 valence electrons. The lowest BCUT2D eigenvalue weighted by atomic mass is 10.0. The Hall–Kier alpha value is -2.36. The van der Waals surface area contributed by atoms with Gasteiger partial charge in [-0.3, -0.25) is 4.98 Å². The average Bonchev–Trinajstić information content (AvgIpc) is 2.98. The van der Waals surface area contributed by atoms with Crippen LogP contribution in [0.4, 0.5) is 10.5 Å². The third-order valence-electron chi connectivity index (χ3n) is 3.89. The highest BCUT2D eigenvalue weighted by molar-refractivity contribution is 5.89. The number of benzene rings is 1. The molecule has 0 radical (unpaired) electrons. The van der Waals surface area contributed by atoms with E-state index in [9.17, 15) is 4.79 Å². The van der Waals surface area contributed by atoms with E-state index in [2.05, 4.69) is 41.5 Å². The second-order valence-electron chi connectivity index (χ2n) is 5.43. The number of nitrogens with zero attached hydrogens (tertiary/aromatic N) is 2. The van der Waals surface area contributed by atoms with Gasteiger partial charge in [0, 0.05) is 12.7 Å². The molecule has 3 rings (SSSR count). The molecule has 1 fully saturated rings. The van der Waals surface area contributed by atoms with Crippen LogP contribution >= 0.6 is 0 Å². The maximum atomic E-state index is 12.5. The average molecular weight is 281 g/mol. The normalized spacial score (nSPS) is 17.8. The van der Waals surface area contributed by atoms with Crippen LogP contribution in [0, 0.1) is 6.92 Å². The van der Waals surface area contributed by atoms with Gasteiger partial charge in [-0.1, -0.05) is 29.8 Å². The van der Waals surface area contributed by atoms with E-state index in [0.29, 0.717) is 0 Å². The molecule has 1 N–H and O–H groups in total. The van der Waals surface area contributed by atoms with Crippen LogP contribution in [-0.4, -0.2) is 22.5 Å². The zero-order valence-corrected chi connectivity index (χ0v) is 12.1. The summed E-state index contributed by atoms with van der Waals surface area (Å²) in [5.41, 5.74) is 3.18. The van der Waals surface area contributed by atoms with Gasteiger partial charge in [-0.05, 0) is 37.5 Å². The number of nitrogens with one attached hydrogen (secondary N) is 1. The number of carbonyl (C=O) groups excluding carboxylic acids is 1. The molecule has 0 aliphatic carbocycles. The molecule has 2 amide bonds. The first-order valence-corrected chi connectivity index (χ1v) is 7.28. The Morgan fingerprint density at radius 2 is 2.10 bits per heavy atom. The van der Waals surface area contributed by atoms with Crippen LogP contribution < -0.4 is 5.32 Å². The number of rotatable bonds is 2. The molecule has 1 unspecified atom stereocenters. The van der Waals surface area contributed by atoms with E-state index in [-0.39, 0.29) is 12.1 Å². The monoisotopic (exact) mass is 281 g/mol. The molecule has 21 heavy (non-hydrogen) atoms. The SMILES string of the molecule is Cc1ccc(C2CCCN2C(=O)Nc2cccnc2)cc1. The summed E-state index contributed by atoms with van der Waals surface area (Å²) in [4.78, 5) is 18.4. The Morgan fingerprint density at radius 1 is 1.29 bits per heavy atom. The van der Waals surface area contributed by atoms with E-state index in [1.807, 2.05) is 17.0 Å². The summed E-state index contributed by atoms with van der Waals surface area (Å²) < 4.78 is 0. The van der Waals surface area contributed by atoms with E-state index in [4.69, 9.17) is 0 Å². The molecular formula is C17H19N3O. The molecule has 1 aliphatic rings. The van der Waals surface area contributed by atoms with E-state index in [0.717, 1.165) is 25.1 Å². The second-order valence-corrected chi connectivity index (χ2v) is 5.43. The largest absolute Gasteiger partial charge is 0.322 e. The van der Waals surface area contributed by atoms with E-state index in [1.165, 1.54) is 11.1 Å². The second kappa shape index (κ2) is 5.95. The zero-order chi connectivity index (χ0) is 14.7. The van der Waals surface area contributed by atoms with Crippen molar-refractivity contribution in [2.24, 2.45) is 0 Å². The van der Waals surface area contributed by atoms with Gasteiger partial charge in [-0.25, -0.2) is 4.79 Å². The lowest BCUT2D eigenvalue weighted by molar-refractivity contribution is 0.207. The number of aromatic nitrogens is 1. The van der Waals surface area contributed by atoms with E-state index >= 15 is 0 Å². The van der Waals surface area contributed by atoms with Crippen molar-refractivity contribution in [2.45, 2.75) is 25.8 Å². The van der Waals surface area contributed by atoms with Gasteiger partial charge in [0.25, 0.3) is 0 Å². The quantitative estimate of drug-likeness (QED) is 0.911. The van der Waals surface area contributed by atoms with E-state index in [1.54, 1.807) is 12.4 Å². The fourth-order valence-corrected chi connectivity index (χ4v) is 2.78. The van der Waals surface area contributed by atoms with Crippen LogP contribution in [0.15, 0.2) is 48.8 Å². The lowest BCUT2D eigenvalue weighted by Gasteiger charge is -2.25. The summed E-state index contributed by atoms with van der Waals surface area (Å²) in [6.45, 7) is 2.87. The van der Waals surface area contributed by atoms with Gasteiger partial charge in [-0.15, -0.1) is 0 Å². The van der Waals surface area contributed by atoms with Crippen molar-refractivity contribution in [1.82, 2.24) is 9.88 Å². The summed E-state index contributed by atoms with van der Waals surface area (Å²) in [5.74, 6) is 0. The van der Waals surface area contributed by atoms with Crippen molar-refractivity contribution in [3.05, 3.63) is 59.9 Å². The van der Waals surface area contributed by atoms with Gasteiger partial charge < -0.3 is 10.2 Å². The van der Waals surface area contributed by atoms with Crippen LogP contribution in [-0.2, 0) is 0 Å². The fraction of sp³-hybridized carbons (Fsp3) is 0.294. The summed E-state index contributed by atoms with van der Waals surface area (Å²) in [6, 6.07) is 12.2. The van der Waals surface area contributed by atoms with Crippen LogP contribution in [0.25, 0.3) is 0 Å². The number of likely N-dealkylation sites (tertiary alicyclic amines) is 1. The molecular weight excluding hydrogens is 262 g/mol. The van der Waals surface area contributed by atoms with Gasteiger partial charge >= 0.3 is 6.03 Å². The first-order chi connectivity index (χ1) is 10.2. The number of anilines is 1. The fourth-order valence-electron chi connectivity index (χ4n) is 2.78. The van der Waals surface area contributed by atoms with E-state index < -0.39 is 0 Å². The molecule has 0 spiro atoms. The van der Waals surface area contributed by atoms with Crippen molar-refractivity contribution >= 4 is 11.7 Å². The number of amides is 2. The molecule has 2 aromatic rings. The number of hydrogen-bond acceptors (Lipinski definition) is 2. The highest BCUT2D eigenvalue weighted by atomic mass is 16.2. The van der Waals surface area contributed by atoms with Gasteiger partial charge in [0.15, 0.2) is 0 Å². The van der Waals surface area contributed by atoms with Gasteiger partial charge in [0.1, 0.15) is 0 Å². The minimum absolute atomic E-state index is 0.0499. The standard InChI is InChI=1S/C17H19N3O/c1-13-6-8-14(9-7-13)16-5-3-11-20(16)17(21)19-15-4-2-10-18-12-15/h2,4,6-10,12,16H,3,5,11H2,1H3,(H,19,21). The summed E-state index contributed by atoms with van der Waals surface area (Å²) in [5, 5.41) is 2.92. The van der Waals surface area contributed by atoms with Crippen molar-refractivity contribution in [3.8, 4) is 0 Å². The Bertz CT molecular complexity index is 610. The van der Waals surface area contributed by atoms with Crippen molar-refractivity contribution < 1.29 is 4.79 Å². The Balaban J connectivity index is 1.74. The zero-order valence-electron chi connectivity index (χ0n) is 12.1. The number of urea groups is 1. The first-order valence-electron chi connectivity index (χ1n) is 7.28. The topological polar surface area (TPSA) is 45.2 Å². The maximum Gasteiger partial charge on any atom is 0.322 e. The maximum absolute atomic E-state index is 12.5. The summed E-state index contributed by atoms with van der Waals surface area (Å²) in [7, 11) is 0. The molecule has 1 aromatic carbocycles. The smallest absolute Gasteiger partial charge is 0.317 e. The predicted octanol–water partition coefficient (Wildman–Crippen LogP) is 3.76. The number of pyridine rings is 1. The number of aryl methyl sites for hydroxylation is 1.